The van der Waals surface area contributed by atoms with Gasteiger partial charge in [-0.15, -0.1) is 0 Å². The largest absolute Gasteiger partial charge is 0.475 e. The molecule has 1 aromatic heterocycles. The van der Waals surface area contributed by atoms with Crippen LogP contribution in [-0.2, 0) is 4.79 Å². The lowest BCUT2D eigenvalue weighted by molar-refractivity contribution is -0.133. The Bertz CT molecular complexity index is 824. The molecule has 0 aliphatic carbocycles. The Labute approximate surface area is 158 Å². The molecular weight excluding hydrogens is 345 g/mol. The van der Waals surface area contributed by atoms with Crippen LogP contribution in [0.25, 0.3) is 10.9 Å². The molecule has 1 saturated heterocycles. The van der Waals surface area contributed by atoms with Gasteiger partial charge in [-0.1, -0.05) is 31.5 Å². The highest BCUT2D eigenvalue weighted by molar-refractivity contribution is 6.43. The van der Waals surface area contributed by atoms with Crippen LogP contribution in [0, 0.1) is 0 Å². The first-order valence-corrected chi connectivity index (χ1v) is 9.34. The lowest BCUT2D eigenvalue weighted by atomic mass is 9.77. The van der Waals surface area contributed by atoms with Gasteiger partial charge in [-0.25, -0.2) is 0 Å². The Morgan fingerprint density at radius 1 is 1.33 bits per heavy atom. The van der Waals surface area contributed by atoms with Gasteiger partial charge in [-0.05, 0) is 31.4 Å². The van der Waals surface area contributed by atoms with Crippen molar-refractivity contribution < 1.29 is 19.6 Å². The first kappa shape index (κ1) is 19.3. The zero-order valence-electron chi connectivity index (χ0n) is 15.3. The molecule has 2 atom stereocenters. The van der Waals surface area contributed by atoms with Gasteiger partial charge in [-0.3, -0.25) is 14.6 Å². The number of nitrogens with one attached hydrogen (secondary N) is 1. The molecule has 1 aliphatic heterocycles. The molecule has 142 valence electrons. The first-order valence-electron chi connectivity index (χ1n) is 9.34. The molecule has 3 N–H and O–H groups in total. The number of carbonyl (C=O) groups is 2. The molecule has 1 aromatic carbocycles. The van der Waals surface area contributed by atoms with Crippen molar-refractivity contribution >= 4 is 29.8 Å². The summed E-state index contributed by atoms with van der Waals surface area (Å²) in [5, 5.41) is 22.6. The number of carbonyl (C=O) groups excluding carboxylic acids is 2. The van der Waals surface area contributed by atoms with Crippen molar-refractivity contribution in [3.63, 3.8) is 0 Å². The second-order valence-electron chi connectivity index (χ2n) is 6.85. The van der Waals surface area contributed by atoms with Crippen LogP contribution in [0.4, 0.5) is 0 Å². The van der Waals surface area contributed by atoms with E-state index < -0.39 is 19.1 Å². The summed E-state index contributed by atoms with van der Waals surface area (Å²) in [7, 11) is -1.57. The van der Waals surface area contributed by atoms with E-state index in [0.717, 1.165) is 11.8 Å². The molecule has 3 rings (SSSR count). The van der Waals surface area contributed by atoms with Gasteiger partial charge in [0.1, 0.15) is 6.04 Å². The Morgan fingerprint density at radius 2 is 2.11 bits per heavy atom. The zero-order chi connectivity index (χ0) is 19.4. The predicted octanol–water partition coefficient (Wildman–Crippen LogP) is 1.14. The zero-order valence-corrected chi connectivity index (χ0v) is 15.3. The number of benzene rings is 1. The Kier molecular flexibility index (Phi) is 6.08. The van der Waals surface area contributed by atoms with E-state index in [9.17, 15) is 19.6 Å². The fourth-order valence-electron chi connectivity index (χ4n) is 3.65. The normalized spacial score (nSPS) is 17.7. The number of pyridine rings is 1. The van der Waals surface area contributed by atoms with E-state index in [1.807, 2.05) is 31.2 Å². The number of para-hydroxylation sites is 1. The number of fused-ring (bicyclic) bond motifs is 1. The molecule has 2 amide bonds. The number of aromatic nitrogens is 1. The quantitative estimate of drug-likeness (QED) is 0.663. The topological polar surface area (TPSA) is 103 Å². The summed E-state index contributed by atoms with van der Waals surface area (Å²) >= 11 is 0. The fraction of sp³-hybridized carbons (Fsp3) is 0.421. The summed E-state index contributed by atoms with van der Waals surface area (Å²) in [5.74, 6) is -1.21. The molecule has 7 nitrogen and oxygen atoms in total. The standard InChI is InChI=1S/C19H24BN3O4/c1-2-6-16(19(25)23-12-5-9-17(23)20(26)27)22-18(24)14-10-11-21-15-8-4-3-7-13(14)15/h3-4,7-8,10-11,16-17,26-27H,2,5-6,9,12H2,1H3,(H,22,24)/t16-,17+/m1/s1. The molecule has 2 heterocycles. The Hall–Kier alpha value is -2.45. The highest BCUT2D eigenvalue weighted by atomic mass is 16.4. The van der Waals surface area contributed by atoms with E-state index in [0.29, 0.717) is 36.9 Å². The minimum Gasteiger partial charge on any atom is -0.426 e. The van der Waals surface area contributed by atoms with E-state index in [4.69, 9.17) is 0 Å². The maximum atomic E-state index is 13.0. The molecule has 1 fully saturated rings. The molecule has 0 saturated carbocycles. The summed E-state index contributed by atoms with van der Waals surface area (Å²) in [6.45, 7) is 2.41. The molecular formula is C19H24BN3O4. The second-order valence-corrected chi connectivity index (χ2v) is 6.85. The van der Waals surface area contributed by atoms with Crippen LogP contribution in [-0.4, -0.2) is 57.4 Å². The highest BCUT2D eigenvalue weighted by Crippen LogP contribution is 2.21. The van der Waals surface area contributed by atoms with Crippen LogP contribution in [0.5, 0.6) is 0 Å². The second kappa shape index (κ2) is 8.50. The molecule has 1 aliphatic rings. The van der Waals surface area contributed by atoms with Crippen molar-refractivity contribution in [2.45, 2.75) is 44.6 Å². The molecule has 0 radical (unpaired) electrons. The van der Waals surface area contributed by atoms with Crippen molar-refractivity contribution in [3.05, 3.63) is 42.1 Å². The molecule has 2 aromatic rings. The summed E-state index contributed by atoms with van der Waals surface area (Å²) in [4.78, 5) is 31.6. The number of nitrogens with zero attached hydrogens (tertiary/aromatic N) is 2. The van der Waals surface area contributed by atoms with Gasteiger partial charge >= 0.3 is 7.12 Å². The molecule has 0 unspecified atom stereocenters. The van der Waals surface area contributed by atoms with Crippen LogP contribution < -0.4 is 5.32 Å². The predicted molar refractivity (Wildman–Crippen MR) is 103 cm³/mol. The number of likely N-dealkylation sites (tertiary alicyclic amines) is 1. The summed E-state index contributed by atoms with van der Waals surface area (Å²) in [6.07, 6.45) is 4.04. The van der Waals surface area contributed by atoms with Crippen LogP contribution in [0.15, 0.2) is 36.5 Å². The van der Waals surface area contributed by atoms with Gasteiger partial charge in [-0.2, -0.15) is 0 Å². The van der Waals surface area contributed by atoms with Crippen molar-refractivity contribution in [2.75, 3.05) is 6.54 Å². The average Bonchev–Trinajstić information content (AvgIpc) is 3.16. The van der Waals surface area contributed by atoms with Gasteiger partial charge in [0.2, 0.25) is 5.91 Å². The van der Waals surface area contributed by atoms with Crippen LogP contribution in [0.2, 0.25) is 0 Å². The van der Waals surface area contributed by atoms with Crippen LogP contribution in [0.1, 0.15) is 43.0 Å². The number of hydrogen-bond donors (Lipinski definition) is 3. The number of hydrogen-bond acceptors (Lipinski definition) is 5. The summed E-state index contributed by atoms with van der Waals surface area (Å²) < 4.78 is 0. The third-order valence-electron chi connectivity index (χ3n) is 5.00. The van der Waals surface area contributed by atoms with Crippen molar-refractivity contribution in [2.24, 2.45) is 0 Å². The lowest BCUT2D eigenvalue weighted by Gasteiger charge is -2.29. The van der Waals surface area contributed by atoms with Gasteiger partial charge in [0, 0.05) is 18.1 Å². The van der Waals surface area contributed by atoms with E-state index in [2.05, 4.69) is 10.3 Å². The van der Waals surface area contributed by atoms with Gasteiger partial charge in [0.15, 0.2) is 0 Å². The van der Waals surface area contributed by atoms with E-state index in [-0.39, 0.29) is 11.8 Å². The number of rotatable bonds is 6. The monoisotopic (exact) mass is 369 g/mol. The maximum absolute atomic E-state index is 13.0. The summed E-state index contributed by atoms with van der Waals surface area (Å²) in [6, 6.07) is 8.29. The fourth-order valence-corrected chi connectivity index (χ4v) is 3.65. The highest BCUT2D eigenvalue weighted by Gasteiger charge is 2.39. The van der Waals surface area contributed by atoms with Gasteiger partial charge in [0.25, 0.3) is 5.91 Å². The van der Waals surface area contributed by atoms with Crippen molar-refractivity contribution in [3.8, 4) is 0 Å². The molecule has 27 heavy (non-hydrogen) atoms. The van der Waals surface area contributed by atoms with Gasteiger partial charge in [0.05, 0.1) is 17.0 Å². The maximum Gasteiger partial charge on any atom is 0.475 e. The molecule has 0 bridgehead atoms. The number of amides is 2. The minimum absolute atomic E-state index is 0.265. The Balaban J connectivity index is 1.81. The van der Waals surface area contributed by atoms with Crippen LogP contribution >= 0.6 is 0 Å². The molecule has 8 heteroatoms. The van der Waals surface area contributed by atoms with E-state index >= 15 is 0 Å². The lowest BCUT2D eigenvalue weighted by Crippen LogP contribution is -2.53. The molecule has 0 spiro atoms. The average molecular weight is 369 g/mol. The van der Waals surface area contributed by atoms with Crippen molar-refractivity contribution in [1.82, 2.24) is 15.2 Å². The minimum atomic E-state index is -1.57. The Morgan fingerprint density at radius 3 is 2.85 bits per heavy atom. The third kappa shape index (κ3) is 4.12. The first-order chi connectivity index (χ1) is 13.0. The smallest absolute Gasteiger partial charge is 0.426 e. The van der Waals surface area contributed by atoms with Gasteiger partial charge < -0.3 is 20.3 Å². The van der Waals surface area contributed by atoms with E-state index in [1.54, 1.807) is 12.3 Å². The summed E-state index contributed by atoms with van der Waals surface area (Å²) in [5.41, 5.74) is 1.18. The van der Waals surface area contributed by atoms with Crippen molar-refractivity contribution in [1.29, 1.82) is 0 Å². The van der Waals surface area contributed by atoms with Crippen LogP contribution in [0.3, 0.4) is 0 Å². The third-order valence-corrected chi connectivity index (χ3v) is 5.00. The van der Waals surface area contributed by atoms with E-state index in [1.165, 1.54) is 4.90 Å². The SMILES string of the molecule is CCC[C@@H](NC(=O)c1ccnc2ccccc12)C(=O)N1CCC[C@H]1B(O)O.